The van der Waals surface area contributed by atoms with Gasteiger partial charge in [-0.2, -0.15) is 0 Å². The maximum absolute atomic E-state index is 12.6. The van der Waals surface area contributed by atoms with Crippen LogP contribution in [0.25, 0.3) is 0 Å². The third-order valence-corrected chi connectivity index (χ3v) is 6.22. The summed E-state index contributed by atoms with van der Waals surface area (Å²) >= 11 is 0. The van der Waals surface area contributed by atoms with Crippen molar-refractivity contribution in [2.24, 2.45) is 0 Å². The van der Waals surface area contributed by atoms with Crippen molar-refractivity contribution in [2.75, 3.05) is 16.8 Å². The van der Waals surface area contributed by atoms with E-state index in [9.17, 15) is 18.0 Å². The van der Waals surface area contributed by atoms with Gasteiger partial charge in [-0.25, -0.2) is 8.42 Å². The molecule has 0 saturated heterocycles. The highest BCUT2D eigenvalue weighted by molar-refractivity contribution is 7.92. The molecule has 2 N–H and O–H groups in total. The standard InChI is InChI=1S/C24H20N2O6S/c1-16(27)17-3-2-4-20(13-17)26-33(29,30)21-8-6-19(7-9-21)25-12-11-22(28)18-5-10-23-24(14-18)32-15-31-23/h2-14,25-26H,15H2,1H3/b12-11-. The van der Waals surface area contributed by atoms with Crippen molar-refractivity contribution < 1.29 is 27.5 Å². The molecule has 168 valence electrons. The number of ketones is 2. The molecule has 0 saturated carbocycles. The molecule has 0 aliphatic carbocycles. The largest absolute Gasteiger partial charge is 0.454 e. The number of hydrogen-bond donors (Lipinski definition) is 2. The molecule has 0 bridgehead atoms. The van der Waals surface area contributed by atoms with Gasteiger partial charge in [0.2, 0.25) is 6.79 Å². The van der Waals surface area contributed by atoms with E-state index in [0.717, 1.165) is 0 Å². The molecule has 8 nitrogen and oxygen atoms in total. The molecule has 0 spiro atoms. The number of nitrogens with one attached hydrogen (secondary N) is 2. The van der Waals surface area contributed by atoms with Crippen molar-refractivity contribution in [3.63, 3.8) is 0 Å². The second-order valence-corrected chi connectivity index (χ2v) is 8.86. The van der Waals surface area contributed by atoms with Crippen LogP contribution in [0.5, 0.6) is 11.5 Å². The van der Waals surface area contributed by atoms with Gasteiger partial charge in [-0.3, -0.25) is 14.3 Å². The normalized spacial score (nSPS) is 12.5. The summed E-state index contributed by atoms with van der Waals surface area (Å²) in [5, 5.41) is 2.94. The molecule has 3 aromatic carbocycles. The van der Waals surface area contributed by atoms with Gasteiger partial charge in [-0.1, -0.05) is 12.1 Å². The summed E-state index contributed by atoms with van der Waals surface area (Å²) in [6.45, 7) is 1.55. The number of rotatable bonds is 8. The highest BCUT2D eigenvalue weighted by Gasteiger charge is 2.16. The maximum atomic E-state index is 12.6. The van der Waals surface area contributed by atoms with Gasteiger partial charge in [-0.05, 0) is 61.5 Å². The first-order valence-electron chi connectivity index (χ1n) is 9.93. The second-order valence-electron chi connectivity index (χ2n) is 7.18. The Kier molecular flexibility index (Phi) is 6.14. The number of anilines is 2. The van der Waals surface area contributed by atoms with E-state index in [4.69, 9.17) is 9.47 Å². The number of hydrogen-bond acceptors (Lipinski definition) is 7. The average Bonchev–Trinajstić information content (AvgIpc) is 3.27. The zero-order valence-electron chi connectivity index (χ0n) is 17.6. The Labute approximate surface area is 190 Å². The Bertz CT molecular complexity index is 1350. The zero-order chi connectivity index (χ0) is 23.4. The average molecular weight is 464 g/mol. The topological polar surface area (TPSA) is 111 Å². The molecule has 0 unspecified atom stereocenters. The van der Waals surface area contributed by atoms with Gasteiger partial charge >= 0.3 is 0 Å². The minimum Gasteiger partial charge on any atom is -0.454 e. The Morgan fingerprint density at radius 2 is 1.64 bits per heavy atom. The molecule has 4 rings (SSSR count). The van der Waals surface area contributed by atoms with Gasteiger partial charge in [0.25, 0.3) is 10.0 Å². The lowest BCUT2D eigenvalue weighted by atomic mass is 10.1. The van der Waals surface area contributed by atoms with Crippen molar-refractivity contribution in [3.05, 3.63) is 90.1 Å². The van der Waals surface area contributed by atoms with Crippen molar-refractivity contribution in [1.82, 2.24) is 0 Å². The quantitative estimate of drug-likeness (QED) is 0.379. The fraction of sp³-hybridized carbons (Fsp3) is 0.0833. The summed E-state index contributed by atoms with van der Waals surface area (Å²) in [6, 6.07) is 17.3. The molecule has 1 aliphatic rings. The molecular formula is C24H20N2O6S. The lowest BCUT2D eigenvalue weighted by molar-refractivity contribution is 0.101. The minimum absolute atomic E-state index is 0.0571. The molecule has 1 aliphatic heterocycles. The van der Waals surface area contributed by atoms with Crippen molar-refractivity contribution in [1.29, 1.82) is 0 Å². The molecule has 0 amide bonds. The number of Topliss-reactive ketones (excluding diaryl/α,β-unsaturated/α-hetero) is 1. The van der Waals surface area contributed by atoms with Crippen LogP contribution in [-0.4, -0.2) is 26.8 Å². The monoisotopic (exact) mass is 464 g/mol. The van der Waals surface area contributed by atoms with E-state index in [1.165, 1.54) is 37.4 Å². The van der Waals surface area contributed by atoms with Crippen molar-refractivity contribution >= 4 is 33.0 Å². The van der Waals surface area contributed by atoms with Crippen LogP contribution < -0.4 is 19.5 Å². The van der Waals surface area contributed by atoms with Gasteiger partial charge < -0.3 is 14.8 Å². The van der Waals surface area contributed by atoms with Crippen molar-refractivity contribution in [3.8, 4) is 11.5 Å². The smallest absolute Gasteiger partial charge is 0.261 e. The molecule has 0 fully saturated rings. The van der Waals surface area contributed by atoms with Crippen LogP contribution in [0.3, 0.4) is 0 Å². The minimum atomic E-state index is -3.83. The summed E-state index contributed by atoms with van der Waals surface area (Å²) in [5.74, 6) is 0.749. The highest BCUT2D eigenvalue weighted by atomic mass is 32.2. The van der Waals surface area contributed by atoms with Crippen LogP contribution >= 0.6 is 0 Å². The number of benzene rings is 3. The number of allylic oxidation sites excluding steroid dienone is 1. The van der Waals surface area contributed by atoms with Crippen LogP contribution in [0.2, 0.25) is 0 Å². The molecule has 0 aromatic heterocycles. The Hall–Kier alpha value is -4.11. The van der Waals surface area contributed by atoms with E-state index in [1.54, 1.807) is 48.5 Å². The molecule has 0 radical (unpaired) electrons. The zero-order valence-corrected chi connectivity index (χ0v) is 18.4. The molecule has 33 heavy (non-hydrogen) atoms. The predicted molar refractivity (Wildman–Crippen MR) is 123 cm³/mol. The number of fused-ring (bicyclic) bond motifs is 1. The van der Waals surface area contributed by atoms with E-state index < -0.39 is 10.0 Å². The number of carbonyl (C=O) groups is 2. The van der Waals surface area contributed by atoms with E-state index in [-0.39, 0.29) is 23.3 Å². The first-order valence-corrected chi connectivity index (χ1v) is 11.4. The van der Waals surface area contributed by atoms with Crippen LogP contribution in [0.15, 0.2) is 83.9 Å². The van der Waals surface area contributed by atoms with Crippen LogP contribution in [0.1, 0.15) is 27.6 Å². The van der Waals surface area contributed by atoms with Gasteiger partial charge in [0.05, 0.1) is 4.90 Å². The highest BCUT2D eigenvalue weighted by Crippen LogP contribution is 2.32. The van der Waals surface area contributed by atoms with Gasteiger partial charge in [0, 0.05) is 34.8 Å². The lowest BCUT2D eigenvalue weighted by Gasteiger charge is -2.09. The first-order chi connectivity index (χ1) is 15.8. The summed E-state index contributed by atoms with van der Waals surface area (Å²) in [7, 11) is -3.83. The van der Waals surface area contributed by atoms with Crippen LogP contribution in [-0.2, 0) is 10.0 Å². The Morgan fingerprint density at radius 3 is 2.39 bits per heavy atom. The molecule has 9 heteroatoms. The third kappa shape index (κ3) is 5.21. The molecule has 3 aromatic rings. The number of sulfonamides is 1. The van der Waals surface area contributed by atoms with Gasteiger partial charge in [-0.15, -0.1) is 0 Å². The number of carbonyl (C=O) groups excluding carboxylic acids is 2. The van der Waals surface area contributed by atoms with E-state index in [2.05, 4.69) is 10.0 Å². The van der Waals surface area contributed by atoms with E-state index >= 15 is 0 Å². The molecular weight excluding hydrogens is 444 g/mol. The maximum Gasteiger partial charge on any atom is 0.261 e. The van der Waals surface area contributed by atoms with E-state index in [0.29, 0.717) is 34.0 Å². The fourth-order valence-corrected chi connectivity index (χ4v) is 4.16. The lowest BCUT2D eigenvalue weighted by Crippen LogP contribution is -2.13. The Morgan fingerprint density at radius 1 is 0.879 bits per heavy atom. The SMILES string of the molecule is CC(=O)c1cccc(NS(=O)(=O)c2ccc(N/C=C\C(=O)c3ccc4c(c3)OCO4)cc2)c1. The summed E-state index contributed by atoms with van der Waals surface area (Å²) in [4.78, 5) is 23.9. The van der Waals surface area contributed by atoms with Crippen LogP contribution in [0.4, 0.5) is 11.4 Å². The molecule has 0 atom stereocenters. The predicted octanol–water partition coefficient (Wildman–Crippen LogP) is 4.23. The summed E-state index contributed by atoms with van der Waals surface area (Å²) in [5.41, 5.74) is 1.77. The summed E-state index contributed by atoms with van der Waals surface area (Å²) < 4.78 is 38.2. The van der Waals surface area contributed by atoms with Gasteiger partial charge in [0.15, 0.2) is 23.1 Å². The van der Waals surface area contributed by atoms with Gasteiger partial charge in [0.1, 0.15) is 0 Å². The molecule has 1 heterocycles. The number of ether oxygens (including phenoxy) is 2. The summed E-state index contributed by atoms with van der Waals surface area (Å²) in [6.07, 6.45) is 2.84. The fourth-order valence-electron chi connectivity index (χ4n) is 3.11. The van der Waals surface area contributed by atoms with E-state index in [1.807, 2.05) is 0 Å². The first kappa shape index (κ1) is 22.1. The van der Waals surface area contributed by atoms with Crippen molar-refractivity contribution in [2.45, 2.75) is 11.8 Å². The second kappa shape index (κ2) is 9.17. The third-order valence-electron chi connectivity index (χ3n) is 4.83. The van der Waals surface area contributed by atoms with Crippen LogP contribution in [0, 0.1) is 0 Å². The Balaban J connectivity index is 1.39.